The maximum atomic E-state index is 11.7. The third kappa shape index (κ3) is 4.38. The molecule has 20 heavy (non-hydrogen) atoms. The molecule has 1 heterocycles. The molecule has 0 saturated heterocycles. The van der Waals surface area contributed by atoms with Gasteiger partial charge in [0.25, 0.3) is 0 Å². The number of carbonyl (C=O) groups is 1. The van der Waals surface area contributed by atoms with Crippen molar-refractivity contribution in [1.82, 2.24) is 20.1 Å². The summed E-state index contributed by atoms with van der Waals surface area (Å²) in [6.07, 6.45) is 0.928. The first-order chi connectivity index (χ1) is 9.51. The number of nitrogens with zero attached hydrogens (tertiary/aromatic N) is 2. The van der Waals surface area contributed by atoms with E-state index >= 15 is 0 Å². The fourth-order valence-electron chi connectivity index (χ4n) is 1.68. The zero-order valence-corrected chi connectivity index (χ0v) is 13.1. The van der Waals surface area contributed by atoms with Crippen LogP contribution in [0.15, 0.2) is 9.95 Å². The van der Waals surface area contributed by atoms with E-state index in [1.54, 1.807) is 4.57 Å². The Bertz CT molecular complexity index is 483. The summed E-state index contributed by atoms with van der Waals surface area (Å²) in [5, 5.41) is 10.1. The van der Waals surface area contributed by atoms with E-state index in [2.05, 4.69) is 15.5 Å². The van der Waals surface area contributed by atoms with Crippen LogP contribution in [-0.2, 0) is 9.53 Å². The molecule has 0 radical (unpaired) electrons. The van der Waals surface area contributed by atoms with Crippen molar-refractivity contribution in [3.05, 3.63) is 10.5 Å². The molecule has 0 aliphatic rings. The summed E-state index contributed by atoms with van der Waals surface area (Å²) < 4.78 is 6.34. The second-order valence-electron chi connectivity index (χ2n) is 4.62. The minimum Gasteiger partial charge on any atom is -0.468 e. The van der Waals surface area contributed by atoms with E-state index in [0.717, 1.165) is 13.0 Å². The molecule has 114 valence electrons. The van der Waals surface area contributed by atoms with Gasteiger partial charge in [-0.05, 0) is 26.8 Å². The van der Waals surface area contributed by atoms with Crippen LogP contribution in [0.5, 0.6) is 0 Å². The molecule has 1 aromatic rings. The number of carbonyl (C=O) groups excluding carboxylic acids is 1. The highest BCUT2D eigenvalue weighted by molar-refractivity contribution is 7.99. The Labute approximate surface area is 122 Å². The molecule has 0 aromatic carbocycles. The van der Waals surface area contributed by atoms with Crippen LogP contribution in [0.2, 0.25) is 0 Å². The van der Waals surface area contributed by atoms with Crippen LogP contribution in [0, 0.1) is 0 Å². The number of thioether (sulfide) groups is 1. The van der Waals surface area contributed by atoms with Crippen molar-refractivity contribution in [3.8, 4) is 0 Å². The molecule has 0 aliphatic carbocycles. The topological polar surface area (TPSA) is 89.0 Å². The molecule has 2 N–H and O–H groups in total. The number of H-pyrrole nitrogens is 1. The lowest BCUT2D eigenvalue weighted by atomic mass is 10.3. The molecule has 1 aromatic heterocycles. The highest BCUT2D eigenvalue weighted by Gasteiger charge is 2.20. The highest BCUT2D eigenvalue weighted by Crippen LogP contribution is 2.18. The smallest absolute Gasteiger partial charge is 0.344 e. The predicted octanol–water partition coefficient (Wildman–Crippen LogP) is 0.786. The average Bonchev–Trinajstić information content (AvgIpc) is 2.79. The summed E-state index contributed by atoms with van der Waals surface area (Å²) in [5.41, 5.74) is -0.237. The van der Waals surface area contributed by atoms with E-state index in [0.29, 0.717) is 10.9 Å². The highest BCUT2D eigenvalue weighted by atomic mass is 32.2. The molecular formula is C12H22N4O3S. The largest absolute Gasteiger partial charge is 0.468 e. The van der Waals surface area contributed by atoms with Crippen molar-refractivity contribution in [2.75, 3.05) is 19.4 Å². The van der Waals surface area contributed by atoms with Crippen molar-refractivity contribution in [2.24, 2.45) is 0 Å². The van der Waals surface area contributed by atoms with Crippen LogP contribution >= 0.6 is 11.8 Å². The zero-order valence-electron chi connectivity index (χ0n) is 12.3. The normalized spacial score (nSPS) is 12.7. The van der Waals surface area contributed by atoms with Crippen LogP contribution in [0.4, 0.5) is 0 Å². The third-order valence-electron chi connectivity index (χ3n) is 2.69. The lowest BCUT2D eigenvalue weighted by molar-refractivity contribution is -0.142. The minimum atomic E-state index is -0.405. The van der Waals surface area contributed by atoms with Crippen LogP contribution in [0.3, 0.4) is 0 Å². The van der Waals surface area contributed by atoms with Gasteiger partial charge in [0.2, 0.25) is 0 Å². The van der Waals surface area contributed by atoms with Gasteiger partial charge >= 0.3 is 11.7 Å². The van der Waals surface area contributed by atoms with Crippen LogP contribution < -0.4 is 11.0 Å². The van der Waals surface area contributed by atoms with E-state index in [1.807, 2.05) is 20.8 Å². The number of hydrogen-bond acceptors (Lipinski definition) is 6. The van der Waals surface area contributed by atoms with Gasteiger partial charge in [0.1, 0.15) is 6.04 Å². The molecule has 0 fully saturated rings. The number of rotatable bonds is 8. The Balaban J connectivity index is 2.72. The SMILES string of the molecule is CCCNC(CSc1n[nH]c(=O)n1C(C)C)C(=O)OC. The van der Waals surface area contributed by atoms with Crippen LogP contribution in [-0.4, -0.2) is 46.2 Å². The van der Waals surface area contributed by atoms with Gasteiger partial charge in [-0.3, -0.25) is 9.36 Å². The van der Waals surface area contributed by atoms with Crippen molar-refractivity contribution in [1.29, 1.82) is 0 Å². The van der Waals surface area contributed by atoms with E-state index < -0.39 is 6.04 Å². The van der Waals surface area contributed by atoms with Crippen molar-refractivity contribution in [3.63, 3.8) is 0 Å². The van der Waals surface area contributed by atoms with Gasteiger partial charge in [-0.2, -0.15) is 0 Å². The fraction of sp³-hybridized carbons (Fsp3) is 0.750. The zero-order chi connectivity index (χ0) is 15.1. The monoisotopic (exact) mass is 302 g/mol. The van der Waals surface area contributed by atoms with Gasteiger partial charge in [-0.15, -0.1) is 5.10 Å². The lowest BCUT2D eigenvalue weighted by Gasteiger charge is -2.16. The second kappa shape index (κ2) is 8.11. The fourth-order valence-corrected chi connectivity index (χ4v) is 2.79. The Morgan fingerprint density at radius 3 is 2.80 bits per heavy atom. The summed E-state index contributed by atoms with van der Waals surface area (Å²) in [7, 11) is 1.37. The van der Waals surface area contributed by atoms with Crippen molar-refractivity contribution in [2.45, 2.75) is 44.4 Å². The summed E-state index contributed by atoms with van der Waals surface area (Å²) in [6, 6.07) is -0.388. The summed E-state index contributed by atoms with van der Waals surface area (Å²) in [5.74, 6) is 0.156. The Morgan fingerprint density at radius 2 is 2.25 bits per heavy atom. The van der Waals surface area contributed by atoms with Gasteiger partial charge in [0.15, 0.2) is 5.16 Å². The molecule has 0 amide bonds. The molecule has 0 aliphatic heterocycles. The van der Waals surface area contributed by atoms with Gasteiger partial charge in [0.05, 0.1) is 7.11 Å². The number of aromatic amines is 1. The average molecular weight is 302 g/mol. The lowest BCUT2D eigenvalue weighted by Crippen LogP contribution is -2.40. The molecule has 0 spiro atoms. The third-order valence-corrected chi connectivity index (χ3v) is 3.74. The molecule has 1 atom stereocenters. The summed E-state index contributed by atoms with van der Waals surface area (Å²) in [4.78, 5) is 23.3. The van der Waals surface area contributed by atoms with Gasteiger partial charge in [-0.25, -0.2) is 9.89 Å². The Kier molecular flexibility index (Phi) is 6.80. The number of ether oxygens (including phenoxy) is 1. The molecule has 7 nitrogen and oxygen atoms in total. The maximum absolute atomic E-state index is 11.7. The Hall–Kier alpha value is -1.28. The number of methoxy groups -OCH3 is 1. The molecular weight excluding hydrogens is 280 g/mol. The minimum absolute atomic E-state index is 0.0175. The summed E-state index contributed by atoms with van der Waals surface area (Å²) >= 11 is 1.36. The molecule has 1 unspecified atom stereocenters. The molecule has 8 heteroatoms. The predicted molar refractivity (Wildman–Crippen MR) is 78.1 cm³/mol. The second-order valence-corrected chi connectivity index (χ2v) is 5.60. The van der Waals surface area contributed by atoms with Crippen molar-refractivity contribution < 1.29 is 9.53 Å². The maximum Gasteiger partial charge on any atom is 0.344 e. The first kappa shape index (κ1) is 16.8. The number of nitrogens with one attached hydrogen (secondary N) is 2. The van der Waals surface area contributed by atoms with Crippen LogP contribution in [0.25, 0.3) is 0 Å². The quantitative estimate of drug-likeness (QED) is 0.545. The molecule has 1 rings (SSSR count). The first-order valence-corrected chi connectivity index (χ1v) is 7.60. The number of aromatic nitrogens is 3. The van der Waals surface area contributed by atoms with E-state index in [1.165, 1.54) is 18.9 Å². The van der Waals surface area contributed by atoms with E-state index in [9.17, 15) is 9.59 Å². The first-order valence-electron chi connectivity index (χ1n) is 6.62. The van der Waals surface area contributed by atoms with E-state index in [4.69, 9.17) is 4.74 Å². The van der Waals surface area contributed by atoms with Crippen LogP contribution in [0.1, 0.15) is 33.2 Å². The Morgan fingerprint density at radius 1 is 1.55 bits per heavy atom. The molecule has 0 bridgehead atoms. The van der Waals surface area contributed by atoms with E-state index in [-0.39, 0.29) is 17.7 Å². The van der Waals surface area contributed by atoms with Gasteiger partial charge in [0, 0.05) is 11.8 Å². The molecule has 0 saturated carbocycles. The number of esters is 1. The standard InChI is InChI=1S/C12H22N4O3S/c1-5-6-13-9(10(17)19-4)7-20-12-15-14-11(18)16(12)8(2)3/h8-9,13H,5-7H2,1-4H3,(H,14,18). The van der Waals surface area contributed by atoms with Gasteiger partial charge < -0.3 is 10.1 Å². The summed E-state index contributed by atoms with van der Waals surface area (Å²) in [6.45, 7) is 6.58. The van der Waals surface area contributed by atoms with Gasteiger partial charge in [-0.1, -0.05) is 18.7 Å². The number of hydrogen-bond donors (Lipinski definition) is 2. The van der Waals surface area contributed by atoms with Crippen molar-refractivity contribution >= 4 is 17.7 Å².